The van der Waals surface area contributed by atoms with Crippen molar-refractivity contribution in [2.24, 2.45) is 5.92 Å². The first-order valence-corrected chi connectivity index (χ1v) is 9.04. The molecule has 5 rings (SSSR count). The average Bonchev–Trinajstić information content (AvgIpc) is 3.50. The zero-order valence-electron chi connectivity index (χ0n) is 13.8. The number of anilines is 1. The van der Waals surface area contributed by atoms with Crippen molar-refractivity contribution >= 4 is 17.4 Å². The number of nitrogens with zero attached hydrogens (tertiary/aromatic N) is 6. The molecule has 2 aromatic heterocycles. The average molecular weight is 326 g/mol. The fraction of sp³-hybridized carbons (Fsp3) is 0.647. The Hall–Kier alpha value is -2.18. The highest BCUT2D eigenvalue weighted by Gasteiger charge is 2.34. The summed E-state index contributed by atoms with van der Waals surface area (Å²) in [5, 5.41) is 8.80. The van der Waals surface area contributed by atoms with Crippen LogP contribution in [0.15, 0.2) is 12.4 Å². The number of carbonyl (C=O) groups is 1. The first-order valence-electron chi connectivity index (χ1n) is 9.04. The third-order valence-electron chi connectivity index (χ3n) is 5.31. The van der Waals surface area contributed by atoms with Gasteiger partial charge in [0.15, 0.2) is 5.82 Å². The number of aromatic nitrogens is 4. The van der Waals surface area contributed by atoms with Crippen LogP contribution >= 0.6 is 0 Å². The quantitative estimate of drug-likeness (QED) is 0.854. The van der Waals surface area contributed by atoms with Crippen LogP contribution in [0.25, 0.3) is 5.65 Å². The largest absolute Gasteiger partial charge is 0.352 e. The van der Waals surface area contributed by atoms with Crippen LogP contribution in [0.2, 0.25) is 0 Å². The molecule has 0 bridgehead atoms. The first-order chi connectivity index (χ1) is 11.8. The van der Waals surface area contributed by atoms with Gasteiger partial charge in [-0.2, -0.15) is 0 Å². The number of hydrogen-bond acceptors (Lipinski definition) is 5. The minimum absolute atomic E-state index is 0.302. The van der Waals surface area contributed by atoms with Crippen LogP contribution in [0.1, 0.15) is 43.8 Å². The van der Waals surface area contributed by atoms with Crippen molar-refractivity contribution in [3.8, 4) is 0 Å². The molecule has 7 heteroatoms. The number of carbonyl (C=O) groups excluding carboxylic acids is 1. The van der Waals surface area contributed by atoms with Crippen LogP contribution in [0.3, 0.4) is 0 Å². The van der Waals surface area contributed by atoms with Gasteiger partial charge in [-0.05, 0) is 32.1 Å². The third-order valence-corrected chi connectivity index (χ3v) is 5.31. The molecule has 2 aromatic rings. The Kier molecular flexibility index (Phi) is 3.21. The zero-order valence-corrected chi connectivity index (χ0v) is 13.8. The number of amides is 1. The molecular formula is C17H22N6O. The summed E-state index contributed by atoms with van der Waals surface area (Å²) in [5.74, 6) is 3.18. The van der Waals surface area contributed by atoms with E-state index in [2.05, 4.69) is 24.5 Å². The predicted molar refractivity (Wildman–Crippen MR) is 88.9 cm³/mol. The van der Waals surface area contributed by atoms with Gasteiger partial charge in [0, 0.05) is 50.4 Å². The molecular weight excluding hydrogens is 304 g/mol. The molecule has 2 aliphatic carbocycles. The van der Waals surface area contributed by atoms with E-state index in [4.69, 9.17) is 0 Å². The second-order valence-corrected chi connectivity index (χ2v) is 7.22. The van der Waals surface area contributed by atoms with Crippen molar-refractivity contribution in [2.75, 3.05) is 31.1 Å². The Morgan fingerprint density at radius 2 is 1.92 bits per heavy atom. The van der Waals surface area contributed by atoms with E-state index in [1.807, 2.05) is 17.3 Å². The molecule has 3 aliphatic rings. The molecule has 0 aromatic carbocycles. The Morgan fingerprint density at radius 1 is 1.04 bits per heavy atom. The normalized spacial score (nSPS) is 22.0. The highest BCUT2D eigenvalue weighted by molar-refractivity contribution is 5.81. The Morgan fingerprint density at radius 3 is 2.71 bits per heavy atom. The maximum atomic E-state index is 12.3. The van der Waals surface area contributed by atoms with Crippen molar-refractivity contribution < 1.29 is 4.79 Å². The molecule has 126 valence electrons. The van der Waals surface area contributed by atoms with Crippen molar-refractivity contribution in [3.63, 3.8) is 0 Å². The molecule has 0 spiro atoms. The Labute approximate surface area is 140 Å². The van der Waals surface area contributed by atoms with E-state index >= 15 is 0 Å². The van der Waals surface area contributed by atoms with Gasteiger partial charge in [0.25, 0.3) is 0 Å². The van der Waals surface area contributed by atoms with Crippen LogP contribution in [-0.4, -0.2) is 56.6 Å². The minimum Gasteiger partial charge on any atom is -0.352 e. The van der Waals surface area contributed by atoms with E-state index in [9.17, 15) is 4.79 Å². The van der Waals surface area contributed by atoms with Crippen molar-refractivity contribution in [1.82, 2.24) is 24.5 Å². The lowest BCUT2D eigenvalue weighted by Crippen LogP contribution is -2.36. The lowest BCUT2D eigenvalue weighted by molar-refractivity contribution is -0.132. The highest BCUT2D eigenvalue weighted by atomic mass is 16.2. The number of hydrogen-bond donors (Lipinski definition) is 0. The summed E-state index contributed by atoms with van der Waals surface area (Å²) in [6.45, 7) is 3.36. The van der Waals surface area contributed by atoms with E-state index in [0.29, 0.717) is 17.7 Å². The van der Waals surface area contributed by atoms with Gasteiger partial charge in [0.05, 0.1) is 0 Å². The third kappa shape index (κ3) is 2.42. The van der Waals surface area contributed by atoms with E-state index in [1.165, 1.54) is 12.8 Å². The molecule has 0 atom stereocenters. The molecule has 1 aliphatic heterocycles. The summed E-state index contributed by atoms with van der Waals surface area (Å²) in [6, 6.07) is 0. The van der Waals surface area contributed by atoms with Crippen LogP contribution in [0.4, 0.5) is 5.82 Å². The van der Waals surface area contributed by atoms with Crippen LogP contribution in [-0.2, 0) is 4.79 Å². The fourth-order valence-electron chi connectivity index (χ4n) is 3.61. The van der Waals surface area contributed by atoms with E-state index in [0.717, 1.165) is 62.7 Å². The lowest BCUT2D eigenvalue weighted by Gasteiger charge is -2.23. The van der Waals surface area contributed by atoms with Crippen LogP contribution in [0, 0.1) is 5.92 Å². The van der Waals surface area contributed by atoms with E-state index < -0.39 is 0 Å². The molecule has 1 saturated heterocycles. The van der Waals surface area contributed by atoms with Gasteiger partial charge in [-0.25, -0.2) is 4.98 Å². The monoisotopic (exact) mass is 326 g/mol. The van der Waals surface area contributed by atoms with Gasteiger partial charge in [0.1, 0.15) is 5.82 Å². The highest BCUT2D eigenvalue weighted by Crippen LogP contribution is 2.39. The smallest absolute Gasteiger partial charge is 0.225 e. The minimum atomic E-state index is 0.302. The summed E-state index contributed by atoms with van der Waals surface area (Å²) in [6.07, 6.45) is 9.35. The van der Waals surface area contributed by atoms with Gasteiger partial charge < -0.3 is 9.80 Å². The summed E-state index contributed by atoms with van der Waals surface area (Å²) in [4.78, 5) is 21.2. The molecule has 2 saturated carbocycles. The van der Waals surface area contributed by atoms with Crippen LogP contribution in [0.5, 0.6) is 0 Å². The fourth-order valence-corrected chi connectivity index (χ4v) is 3.61. The molecule has 3 heterocycles. The molecule has 0 unspecified atom stereocenters. The topological polar surface area (TPSA) is 66.6 Å². The summed E-state index contributed by atoms with van der Waals surface area (Å²) in [5.41, 5.74) is 0.848. The van der Waals surface area contributed by atoms with Gasteiger partial charge in [-0.15, -0.1) is 10.2 Å². The van der Waals surface area contributed by atoms with Gasteiger partial charge in [-0.3, -0.25) is 9.20 Å². The predicted octanol–water partition coefficient (Wildman–Crippen LogP) is 1.45. The molecule has 0 N–H and O–H groups in total. The summed E-state index contributed by atoms with van der Waals surface area (Å²) in [7, 11) is 0. The Bertz CT molecular complexity index is 778. The number of rotatable bonds is 3. The van der Waals surface area contributed by atoms with E-state index in [1.54, 1.807) is 0 Å². The maximum Gasteiger partial charge on any atom is 0.225 e. The number of fused-ring (bicyclic) bond motifs is 1. The second-order valence-electron chi connectivity index (χ2n) is 7.22. The zero-order chi connectivity index (χ0) is 16.1. The van der Waals surface area contributed by atoms with Crippen molar-refractivity contribution in [2.45, 2.75) is 38.0 Å². The molecule has 7 nitrogen and oxygen atoms in total. The Balaban J connectivity index is 1.39. The van der Waals surface area contributed by atoms with Gasteiger partial charge in [0.2, 0.25) is 11.6 Å². The molecule has 0 radical (unpaired) electrons. The van der Waals surface area contributed by atoms with Crippen LogP contribution < -0.4 is 4.90 Å². The molecule has 3 fully saturated rings. The summed E-state index contributed by atoms with van der Waals surface area (Å²) >= 11 is 0. The first kappa shape index (κ1) is 14.2. The van der Waals surface area contributed by atoms with Crippen molar-refractivity contribution in [3.05, 3.63) is 18.2 Å². The van der Waals surface area contributed by atoms with E-state index in [-0.39, 0.29) is 0 Å². The molecule has 24 heavy (non-hydrogen) atoms. The lowest BCUT2D eigenvalue weighted by atomic mass is 10.3. The SMILES string of the molecule is O=C(C1CC1)N1CCCN(c2nccn3c(C4CC4)nnc23)CC1. The standard InChI is InChI=1S/C17H22N6O/c24-17(13-4-5-13)22-8-1-7-21(10-11-22)15-16-20-19-14(12-2-3-12)23(16)9-6-18-15/h6,9,12-13H,1-5,7-8,10-11H2. The maximum absolute atomic E-state index is 12.3. The second kappa shape index (κ2) is 5.43. The summed E-state index contributed by atoms with van der Waals surface area (Å²) < 4.78 is 2.10. The van der Waals surface area contributed by atoms with Crippen molar-refractivity contribution in [1.29, 1.82) is 0 Å². The van der Waals surface area contributed by atoms with Gasteiger partial charge >= 0.3 is 0 Å². The van der Waals surface area contributed by atoms with Gasteiger partial charge in [-0.1, -0.05) is 0 Å². The molecule has 1 amide bonds.